The van der Waals surface area contributed by atoms with Crippen LogP contribution in [0.1, 0.15) is 111 Å². The third-order valence-electron chi connectivity index (χ3n) is 9.70. The van der Waals surface area contributed by atoms with Gasteiger partial charge in [0, 0.05) is 3.92 Å². The average Bonchev–Trinajstić information content (AvgIpc) is 2.73. The standard InChI is InChI=1S/C27H49IO/c1-5-8-9-19(6-2)10-11-22-14-23-17-27(29)26-16-21(18(4)28)12-13-24(26)25(23)15-20(22)7-3/h18-27,29H,5-17H2,1-4H3/t18-,19?,20-,21?,22?,23+,24?,25?,26?,27-/m0/s1. The van der Waals surface area contributed by atoms with Crippen LogP contribution in [0.2, 0.25) is 0 Å². The minimum absolute atomic E-state index is 0.00836. The van der Waals surface area contributed by atoms with Gasteiger partial charge in [-0.1, -0.05) is 88.8 Å². The number of hydrogen-bond acceptors (Lipinski definition) is 1. The first kappa shape index (κ1) is 24.3. The van der Waals surface area contributed by atoms with Crippen LogP contribution in [0.25, 0.3) is 0 Å². The summed E-state index contributed by atoms with van der Waals surface area (Å²) in [6.07, 6.45) is 18.0. The summed E-state index contributed by atoms with van der Waals surface area (Å²) in [4.78, 5) is 0. The van der Waals surface area contributed by atoms with E-state index in [2.05, 4.69) is 50.3 Å². The first-order chi connectivity index (χ1) is 14.0. The van der Waals surface area contributed by atoms with Crippen LogP contribution in [0.5, 0.6) is 0 Å². The zero-order valence-electron chi connectivity index (χ0n) is 19.8. The van der Waals surface area contributed by atoms with Crippen molar-refractivity contribution in [2.45, 2.75) is 121 Å². The molecule has 3 aliphatic carbocycles. The van der Waals surface area contributed by atoms with Gasteiger partial charge < -0.3 is 5.11 Å². The van der Waals surface area contributed by atoms with Gasteiger partial charge in [0.15, 0.2) is 0 Å². The van der Waals surface area contributed by atoms with Gasteiger partial charge in [0.2, 0.25) is 0 Å². The summed E-state index contributed by atoms with van der Waals surface area (Å²) in [5, 5.41) is 11.1. The van der Waals surface area contributed by atoms with Gasteiger partial charge in [0.1, 0.15) is 0 Å². The first-order valence-electron chi connectivity index (χ1n) is 13.3. The highest BCUT2D eigenvalue weighted by atomic mass is 127. The highest BCUT2D eigenvalue weighted by Gasteiger charge is 2.50. The molecule has 0 radical (unpaired) electrons. The van der Waals surface area contributed by atoms with E-state index in [1.807, 2.05) is 0 Å². The maximum Gasteiger partial charge on any atom is 0.0574 e. The van der Waals surface area contributed by atoms with Crippen LogP contribution in [-0.4, -0.2) is 15.1 Å². The summed E-state index contributed by atoms with van der Waals surface area (Å²) in [7, 11) is 0. The molecular weight excluding hydrogens is 467 g/mol. The fourth-order valence-electron chi connectivity index (χ4n) is 7.77. The van der Waals surface area contributed by atoms with E-state index in [0.717, 1.165) is 51.8 Å². The molecule has 0 aromatic carbocycles. The van der Waals surface area contributed by atoms with Gasteiger partial charge in [0.25, 0.3) is 0 Å². The number of halogens is 1. The fourth-order valence-corrected chi connectivity index (χ4v) is 8.43. The molecule has 0 spiro atoms. The molecule has 0 heterocycles. The van der Waals surface area contributed by atoms with E-state index in [1.165, 1.54) is 77.0 Å². The summed E-state index contributed by atoms with van der Waals surface area (Å²) in [5.74, 6) is 6.88. The number of alkyl halides is 1. The van der Waals surface area contributed by atoms with Gasteiger partial charge in [0.05, 0.1) is 6.10 Å². The lowest BCUT2D eigenvalue weighted by Gasteiger charge is -2.54. The number of hydrogen-bond donors (Lipinski definition) is 1. The van der Waals surface area contributed by atoms with Crippen molar-refractivity contribution < 1.29 is 5.11 Å². The summed E-state index contributed by atoms with van der Waals surface area (Å²) < 4.78 is 0.761. The Balaban J connectivity index is 1.61. The molecule has 3 aliphatic rings. The Hall–Kier alpha value is 0.690. The second kappa shape index (κ2) is 11.5. The zero-order valence-corrected chi connectivity index (χ0v) is 21.9. The molecule has 0 aromatic heterocycles. The van der Waals surface area contributed by atoms with E-state index in [-0.39, 0.29) is 6.10 Å². The van der Waals surface area contributed by atoms with Crippen molar-refractivity contribution in [2.75, 3.05) is 0 Å². The van der Waals surface area contributed by atoms with Gasteiger partial charge in [-0.15, -0.1) is 0 Å². The molecule has 3 fully saturated rings. The molecule has 0 amide bonds. The largest absolute Gasteiger partial charge is 0.393 e. The molecule has 2 heteroatoms. The lowest BCUT2D eigenvalue weighted by Crippen LogP contribution is -2.50. The predicted molar refractivity (Wildman–Crippen MR) is 134 cm³/mol. The molecule has 1 N–H and O–H groups in total. The van der Waals surface area contributed by atoms with E-state index < -0.39 is 0 Å². The smallest absolute Gasteiger partial charge is 0.0574 e. The van der Waals surface area contributed by atoms with E-state index in [4.69, 9.17) is 0 Å². The van der Waals surface area contributed by atoms with Crippen LogP contribution >= 0.6 is 22.6 Å². The molecule has 0 aromatic rings. The molecule has 6 unspecified atom stereocenters. The molecular formula is C27H49IO. The highest BCUT2D eigenvalue weighted by Crippen LogP contribution is 2.56. The predicted octanol–water partition coefficient (Wildman–Crippen LogP) is 8.27. The lowest BCUT2D eigenvalue weighted by molar-refractivity contribution is -0.0930. The van der Waals surface area contributed by atoms with Crippen molar-refractivity contribution in [3.8, 4) is 0 Å². The Morgan fingerprint density at radius 3 is 2.34 bits per heavy atom. The number of aliphatic hydroxyl groups is 1. The second-order valence-corrected chi connectivity index (χ2v) is 13.2. The Bertz CT molecular complexity index is 477. The van der Waals surface area contributed by atoms with Crippen LogP contribution in [0.15, 0.2) is 0 Å². The SMILES string of the molecule is CCCCC(CC)CCC1C[C@@H]2C[C@H](O)C3CC([C@H](C)I)CCC3C2C[C@@H]1CC. The third kappa shape index (κ3) is 5.93. The van der Waals surface area contributed by atoms with Crippen molar-refractivity contribution in [1.82, 2.24) is 0 Å². The van der Waals surface area contributed by atoms with Gasteiger partial charge >= 0.3 is 0 Å². The maximum atomic E-state index is 11.1. The topological polar surface area (TPSA) is 20.2 Å². The molecule has 29 heavy (non-hydrogen) atoms. The number of unbranched alkanes of at least 4 members (excludes halogenated alkanes) is 1. The van der Waals surface area contributed by atoms with Crippen molar-refractivity contribution in [2.24, 2.45) is 47.3 Å². The van der Waals surface area contributed by atoms with Crippen molar-refractivity contribution in [1.29, 1.82) is 0 Å². The van der Waals surface area contributed by atoms with E-state index in [0.29, 0.717) is 5.92 Å². The van der Waals surface area contributed by atoms with Crippen LogP contribution < -0.4 is 0 Å². The van der Waals surface area contributed by atoms with Crippen LogP contribution in [-0.2, 0) is 0 Å². The van der Waals surface area contributed by atoms with Crippen molar-refractivity contribution in [3.63, 3.8) is 0 Å². The Kier molecular flexibility index (Phi) is 9.67. The minimum atomic E-state index is -0.00836. The van der Waals surface area contributed by atoms with Gasteiger partial charge in [-0.3, -0.25) is 0 Å². The first-order valence-corrected chi connectivity index (χ1v) is 14.5. The van der Waals surface area contributed by atoms with Crippen LogP contribution in [0.3, 0.4) is 0 Å². The lowest BCUT2D eigenvalue weighted by atomic mass is 9.52. The molecule has 10 atom stereocenters. The Labute approximate surface area is 195 Å². The number of rotatable bonds is 9. The maximum absolute atomic E-state index is 11.1. The van der Waals surface area contributed by atoms with Gasteiger partial charge in [-0.05, 0) is 92.3 Å². The summed E-state index contributed by atoms with van der Waals surface area (Å²) in [5.41, 5.74) is 0. The summed E-state index contributed by atoms with van der Waals surface area (Å²) in [6.45, 7) is 9.57. The summed E-state index contributed by atoms with van der Waals surface area (Å²) in [6, 6.07) is 0. The molecule has 0 aliphatic heterocycles. The van der Waals surface area contributed by atoms with Crippen LogP contribution in [0.4, 0.5) is 0 Å². The van der Waals surface area contributed by atoms with Crippen molar-refractivity contribution >= 4 is 22.6 Å². The minimum Gasteiger partial charge on any atom is -0.393 e. The Morgan fingerprint density at radius 2 is 1.69 bits per heavy atom. The normalized spacial score (nSPS) is 42.0. The van der Waals surface area contributed by atoms with Gasteiger partial charge in [-0.25, -0.2) is 0 Å². The Morgan fingerprint density at radius 1 is 0.897 bits per heavy atom. The number of aliphatic hydroxyl groups excluding tert-OH is 1. The van der Waals surface area contributed by atoms with E-state index >= 15 is 0 Å². The fraction of sp³-hybridized carbons (Fsp3) is 1.00. The zero-order chi connectivity index (χ0) is 21.0. The molecule has 3 saturated carbocycles. The molecule has 0 bridgehead atoms. The van der Waals surface area contributed by atoms with Gasteiger partial charge in [-0.2, -0.15) is 0 Å². The third-order valence-corrected chi connectivity index (χ3v) is 10.7. The molecule has 3 rings (SSSR count). The average molecular weight is 517 g/mol. The quantitative estimate of drug-likeness (QED) is 0.242. The van der Waals surface area contributed by atoms with E-state index in [9.17, 15) is 5.11 Å². The number of fused-ring (bicyclic) bond motifs is 3. The van der Waals surface area contributed by atoms with Crippen LogP contribution in [0, 0.1) is 47.3 Å². The molecule has 170 valence electrons. The highest BCUT2D eigenvalue weighted by molar-refractivity contribution is 14.1. The van der Waals surface area contributed by atoms with E-state index in [1.54, 1.807) is 0 Å². The monoisotopic (exact) mass is 516 g/mol. The molecule has 0 saturated heterocycles. The molecule has 1 nitrogen and oxygen atoms in total. The van der Waals surface area contributed by atoms with Crippen molar-refractivity contribution in [3.05, 3.63) is 0 Å². The second-order valence-electron chi connectivity index (χ2n) is 11.2. The summed E-state index contributed by atoms with van der Waals surface area (Å²) >= 11 is 2.63.